The molecule has 0 unspecified atom stereocenters. The van der Waals surface area contributed by atoms with Crippen LogP contribution in [0.2, 0.25) is 0 Å². The third kappa shape index (κ3) is 3.43. The normalized spacial score (nSPS) is 11.4. The molecule has 1 heterocycles. The number of aromatic carboxylic acids is 1. The number of hydrogen-bond donors (Lipinski definition) is 3. The molecule has 82 valence electrons. The van der Waals surface area contributed by atoms with E-state index in [1.165, 1.54) is 12.3 Å². The first kappa shape index (κ1) is 11.8. The van der Waals surface area contributed by atoms with Gasteiger partial charge in [-0.2, -0.15) is 0 Å². The molecule has 0 atom stereocenters. The Kier molecular flexibility index (Phi) is 3.24. The van der Waals surface area contributed by atoms with Crippen molar-refractivity contribution in [2.24, 2.45) is 0 Å². The van der Waals surface area contributed by atoms with Crippen molar-refractivity contribution in [2.45, 2.75) is 13.1 Å². The second kappa shape index (κ2) is 4.10. The zero-order valence-corrected chi connectivity index (χ0v) is 8.81. The van der Waals surface area contributed by atoms with Crippen LogP contribution < -0.4 is 0 Å². The Bertz CT molecular complexity index is 439. The van der Waals surface area contributed by atoms with Crippen LogP contribution in [0.4, 0.5) is 0 Å². The average Bonchev–Trinajstić information content (AvgIpc) is 2.06. The summed E-state index contributed by atoms with van der Waals surface area (Å²) in [5.41, 5.74) is 0.642. The van der Waals surface area contributed by atoms with Gasteiger partial charge in [-0.3, -0.25) is 4.57 Å². The van der Waals surface area contributed by atoms with Crippen molar-refractivity contribution >= 4 is 13.6 Å². The van der Waals surface area contributed by atoms with E-state index in [2.05, 4.69) is 4.98 Å². The van der Waals surface area contributed by atoms with Gasteiger partial charge in [0.25, 0.3) is 0 Å². The first-order valence-corrected chi connectivity index (χ1v) is 5.83. The molecule has 0 bridgehead atoms. The zero-order valence-electron chi connectivity index (χ0n) is 7.91. The molecule has 1 rings (SSSR count). The Morgan fingerprint density at radius 2 is 2.13 bits per heavy atom. The Hall–Kier alpha value is -1.23. The lowest BCUT2D eigenvalue weighted by atomic mass is 10.1. The van der Waals surface area contributed by atoms with E-state index in [0.717, 1.165) is 0 Å². The smallest absolute Gasteiger partial charge is 0.354 e. The highest BCUT2D eigenvalue weighted by Gasteiger charge is 2.17. The van der Waals surface area contributed by atoms with Gasteiger partial charge in [0.05, 0.1) is 6.16 Å². The van der Waals surface area contributed by atoms with Crippen LogP contribution in [-0.4, -0.2) is 25.8 Å². The van der Waals surface area contributed by atoms with Gasteiger partial charge in [-0.1, -0.05) is 0 Å². The molecule has 0 saturated carbocycles. The lowest BCUT2D eigenvalue weighted by Gasteiger charge is -2.07. The Labute approximate surface area is 85.8 Å². The van der Waals surface area contributed by atoms with E-state index in [4.69, 9.17) is 14.9 Å². The molecule has 0 aliphatic rings. The maximum absolute atomic E-state index is 10.8. The molecule has 0 fully saturated rings. The number of rotatable bonds is 3. The molecular formula is C8H10NO5P. The van der Waals surface area contributed by atoms with Gasteiger partial charge in [0.15, 0.2) is 0 Å². The van der Waals surface area contributed by atoms with Crippen LogP contribution in [-0.2, 0) is 10.7 Å². The third-order valence-electron chi connectivity index (χ3n) is 1.81. The number of carbonyl (C=O) groups is 1. The first-order valence-electron chi connectivity index (χ1n) is 4.03. The van der Waals surface area contributed by atoms with Crippen molar-refractivity contribution in [1.29, 1.82) is 0 Å². The van der Waals surface area contributed by atoms with Crippen molar-refractivity contribution in [1.82, 2.24) is 4.98 Å². The molecule has 0 aliphatic carbocycles. The monoisotopic (exact) mass is 231 g/mol. The van der Waals surface area contributed by atoms with Crippen LogP contribution in [0, 0.1) is 6.92 Å². The van der Waals surface area contributed by atoms with Crippen molar-refractivity contribution in [3.05, 3.63) is 29.1 Å². The fraction of sp³-hybridized carbons (Fsp3) is 0.250. The lowest BCUT2D eigenvalue weighted by Crippen LogP contribution is -2.03. The summed E-state index contributed by atoms with van der Waals surface area (Å²) >= 11 is 0. The average molecular weight is 231 g/mol. The highest BCUT2D eigenvalue weighted by Crippen LogP contribution is 2.39. The molecule has 0 aliphatic heterocycles. The van der Waals surface area contributed by atoms with E-state index in [1.807, 2.05) is 0 Å². The molecule has 7 heteroatoms. The second-order valence-electron chi connectivity index (χ2n) is 3.12. The SMILES string of the molecule is Cc1cnc(C(=O)O)cc1CP(=O)(O)O. The van der Waals surface area contributed by atoms with Gasteiger partial charge in [-0.05, 0) is 24.1 Å². The lowest BCUT2D eigenvalue weighted by molar-refractivity contribution is 0.0690. The van der Waals surface area contributed by atoms with E-state index < -0.39 is 19.7 Å². The minimum atomic E-state index is -4.19. The fourth-order valence-corrected chi connectivity index (χ4v) is 1.86. The van der Waals surface area contributed by atoms with E-state index in [-0.39, 0.29) is 5.69 Å². The Morgan fingerprint density at radius 3 is 2.60 bits per heavy atom. The van der Waals surface area contributed by atoms with Gasteiger partial charge < -0.3 is 14.9 Å². The standard InChI is InChI=1S/C8H10NO5P/c1-5-3-9-7(8(10)11)2-6(5)4-15(12,13)14/h2-3H,4H2,1H3,(H,10,11)(H2,12,13,14). The van der Waals surface area contributed by atoms with Crippen LogP contribution in [0.15, 0.2) is 12.3 Å². The van der Waals surface area contributed by atoms with Crippen molar-refractivity contribution in [3.63, 3.8) is 0 Å². The number of carboxylic acid groups (broad SMARTS) is 1. The summed E-state index contributed by atoms with van der Waals surface area (Å²) in [4.78, 5) is 31.7. The minimum Gasteiger partial charge on any atom is -0.477 e. The number of aromatic nitrogens is 1. The molecule has 0 amide bonds. The zero-order chi connectivity index (χ0) is 11.6. The van der Waals surface area contributed by atoms with Gasteiger partial charge in [0, 0.05) is 6.20 Å². The maximum atomic E-state index is 10.8. The van der Waals surface area contributed by atoms with E-state index >= 15 is 0 Å². The minimum absolute atomic E-state index is 0.218. The predicted molar refractivity (Wildman–Crippen MR) is 51.7 cm³/mol. The summed E-state index contributed by atoms with van der Waals surface area (Å²) in [6.45, 7) is 1.61. The molecule has 0 radical (unpaired) electrons. The number of hydrogen-bond acceptors (Lipinski definition) is 3. The van der Waals surface area contributed by atoms with Crippen LogP contribution >= 0.6 is 7.60 Å². The first-order chi connectivity index (χ1) is 6.79. The highest BCUT2D eigenvalue weighted by atomic mass is 31.2. The predicted octanol–water partition coefficient (Wildman–Crippen LogP) is 0.766. The molecule has 0 aromatic carbocycles. The van der Waals surface area contributed by atoms with Gasteiger partial charge in [-0.25, -0.2) is 9.78 Å². The van der Waals surface area contributed by atoms with Crippen LogP contribution in [0.3, 0.4) is 0 Å². The Balaban J connectivity index is 3.11. The van der Waals surface area contributed by atoms with E-state index in [0.29, 0.717) is 11.1 Å². The topological polar surface area (TPSA) is 108 Å². The summed E-state index contributed by atoms with van der Waals surface area (Å²) in [6, 6.07) is 1.18. The molecule has 15 heavy (non-hydrogen) atoms. The van der Waals surface area contributed by atoms with Crippen LogP contribution in [0.5, 0.6) is 0 Å². The van der Waals surface area contributed by atoms with Crippen LogP contribution in [0.1, 0.15) is 21.6 Å². The van der Waals surface area contributed by atoms with E-state index in [9.17, 15) is 9.36 Å². The van der Waals surface area contributed by atoms with Crippen molar-refractivity contribution < 1.29 is 24.3 Å². The molecule has 6 nitrogen and oxygen atoms in total. The van der Waals surface area contributed by atoms with Gasteiger partial charge in [-0.15, -0.1) is 0 Å². The van der Waals surface area contributed by atoms with E-state index in [1.54, 1.807) is 6.92 Å². The Morgan fingerprint density at radius 1 is 1.53 bits per heavy atom. The van der Waals surface area contributed by atoms with Gasteiger partial charge >= 0.3 is 13.6 Å². The fourth-order valence-electron chi connectivity index (χ4n) is 1.07. The summed E-state index contributed by atoms with van der Waals surface area (Å²) in [6.07, 6.45) is 0.816. The largest absolute Gasteiger partial charge is 0.477 e. The summed E-state index contributed by atoms with van der Waals surface area (Å²) in [7, 11) is -4.19. The molecule has 3 N–H and O–H groups in total. The third-order valence-corrected chi connectivity index (χ3v) is 2.56. The summed E-state index contributed by atoms with van der Waals surface area (Å²) in [5.74, 6) is -1.22. The number of carboxylic acids is 1. The molecular weight excluding hydrogens is 221 g/mol. The maximum Gasteiger partial charge on any atom is 0.354 e. The quantitative estimate of drug-likeness (QED) is 0.663. The number of pyridine rings is 1. The molecule has 0 spiro atoms. The summed E-state index contributed by atoms with van der Waals surface area (Å²) < 4.78 is 10.8. The number of aryl methyl sites for hydroxylation is 1. The van der Waals surface area contributed by atoms with Crippen molar-refractivity contribution in [2.75, 3.05) is 0 Å². The van der Waals surface area contributed by atoms with Gasteiger partial charge in [0.1, 0.15) is 5.69 Å². The van der Waals surface area contributed by atoms with Gasteiger partial charge in [0.2, 0.25) is 0 Å². The van der Waals surface area contributed by atoms with Crippen LogP contribution in [0.25, 0.3) is 0 Å². The van der Waals surface area contributed by atoms with Crippen molar-refractivity contribution in [3.8, 4) is 0 Å². The molecule has 0 saturated heterocycles. The number of nitrogens with zero attached hydrogens (tertiary/aromatic N) is 1. The molecule has 1 aromatic rings. The summed E-state index contributed by atoms with van der Waals surface area (Å²) in [5, 5.41) is 8.64. The molecule has 1 aromatic heterocycles. The highest BCUT2D eigenvalue weighted by molar-refractivity contribution is 7.50. The second-order valence-corrected chi connectivity index (χ2v) is 4.77.